The number of unbranched alkanes of at least 4 members (excludes halogenated alkanes) is 17. The maximum absolute atomic E-state index is 13.0. The Labute approximate surface area is 648 Å². The summed E-state index contributed by atoms with van der Waals surface area (Å²) in [6, 6.07) is 0. The molecule has 0 aromatic carbocycles. The largest absolute Gasteiger partial charge is 0.472 e. The van der Waals surface area contributed by atoms with Gasteiger partial charge < -0.3 is 34.2 Å². The number of esters is 3. The molecule has 604 valence electrons. The number of hydrogen-bond acceptors (Lipinski definition) is 14. The van der Waals surface area contributed by atoms with Gasteiger partial charge in [-0.15, -0.1) is 0 Å². The summed E-state index contributed by atoms with van der Waals surface area (Å²) >= 11 is 0. The van der Waals surface area contributed by atoms with Gasteiger partial charge in [0.2, 0.25) is 0 Å². The number of carbonyl (C=O) groups excluding carboxylic acids is 3. The average molecular weight is 1530 g/mol. The van der Waals surface area contributed by atoms with E-state index in [0.717, 1.165) is 148 Å². The molecule has 0 aromatic heterocycles. The first-order valence-corrected chi connectivity index (χ1v) is 43.4. The molecular weight excluding hydrogens is 1390 g/mol. The van der Waals surface area contributed by atoms with E-state index >= 15 is 0 Å². The zero-order valence-electron chi connectivity index (χ0n) is 66.0. The SMILES string of the molecule is CC/C=C\C/C=C\C/C=C\C/C=C\C/C=C\C/C=C\CCCCCCCCCCCCCCCCC(=O)OCC(O)COP(=O)(O)OCC(O)COP(=O)(O)OCC(COC(=O)CC/C=C\C/C=C\C/C=C\C/C=C\C/C=C\C/C=C\CC)OC(=O)CCCCC/C=C\C/C=C\C/C=C\C/C=C\C/C=C\CC. The number of rotatable bonds is 74. The van der Waals surface area contributed by atoms with E-state index in [-0.39, 0.29) is 19.3 Å². The first kappa shape index (κ1) is 101. The van der Waals surface area contributed by atoms with Gasteiger partial charge in [0.1, 0.15) is 25.4 Å². The Kier molecular flexibility index (Phi) is 75.3. The van der Waals surface area contributed by atoms with E-state index in [0.29, 0.717) is 25.7 Å². The summed E-state index contributed by atoms with van der Waals surface area (Å²) in [4.78, 5) is 58.6. The molecule has 0 heterocycles. The highest BCUT2D eigenvalue weighted by Gasteiger charge is 2.29. The first-order valence-electron chi connectivity index (χ1n) is 40.4. The van der Waals surface area contributed by atoms with Gasteiger partial charge in [-0.05, 0) is 154 Å². The molecule has 0 aliphatic rings. The molecule has 0 saturated carbocycles. The second kappa shape index (κ2) is 79.7. The lowest BCUT2D eigenvalue weighted by atomic mass is 10.0. The van der Waals surface area contributed by atoms with Crippen LogP contribution in [0.15, 0.2) is 207 Å². The Morgan fingerprint density at radius 2 is 0.486 bits per heavy atom. The second-order valence-corrected chi connectivity index (χ2v) is 29.0. The Morgan fingerprint density at radius 3 is 0.804 bits per heavy atom. The molecule has 5 unspecified atom stereocenters. The van der Waals surface area contributed by atoms with Crippen LogP contribution in [0.1, 0.15) is 278 Å². The van der Waals surface area contributed by atoms with Gasteiger partial charge in [0, 0.05) is 19.3 Å². The molecule has 0 rings (SSSR count). The normalized spacial score (nSPS) is 15.0. The van der Waals surface area contributed by atoms with Crippen molar-refractivity contribution in [3.8, 4) is 0 Å². The van der Waals surface area contributed by atoms with E-state index in [1.807, 2.05) is 18.2 Å². The third-order valence-electron chi connectivity index (χ3n) is 16.0. The van der Waals surface area contributed by atoms with Crippen molar-refractivity contribution in [2.75, 3.05) is 39.6 Å². The van der Waals surface area contributed by atoms with E-state index in [1.54, 1.807) is 0 Å². The molecule has 0 amide bonds. The molecule has 0 saturated heterocycles. The van der Waals surface area contributed by atoms with Gasteiger partial charge in [-0.2, -0.15) is 0 Å². The van der Waals surface area contributed by atoms with Crippen molar-refractivity contribution in [1.29, 1.82) is 0 Å². The molecule has 0 aromatic rings. The lowest BCUT2D eigenvalue weighted by molar-refractivity contribution is -0.161. The quantitative estimate of drug-likeness (QED) is 0.0146. The van der Waals surface area contributed by atoms with Crippen LogP contribution in [0.25, 0.3) is 0 Å². The fourth-order valence-corrected chi connectivity index (χ4v) is 11.6. The zero-order valence-corrected chi connectivity index (χ0v) is 67.8. The second-order valence-electron chi connectivity index (χ2n) is 26.1. The van der Waals surface area contributed by atoms with E-state index in [1.165, 1.54) is 64.2 Å². The predicted octanol–water partition coefficient (Wildman–Crippen LogP) is 24.1. The third kappa shape index (κ3) is 81.0. The van der Waals surface area contributed by atoms with Gasteiger partial charge in [-0.3, -0.25) is 32.5 Å². The van der Waals surface area contributed by atoms with Crippen LogP contribution < -0.4 is 0 Å². The summed E-state index contributed by atoms with van der Waals surface area (Å²) in [6.07, 6.45) is 106. The fraction of sp³-hybridized carbons (Fsp3) is 0.584. The summed E-state index contributed by atoms with van der Waals surface area (Å²) in [6.45, 7) is 2.18. The number of carbonyl (C=O) groups is 3. The van der Waals surface area contributed by atoms with Crippen molar-refractivity contribution in [3.63, 3.8) is 0 Å². The number of allylic oxidation sites excluding steroid dienone is 34. The highest BCUT2D eigenvalue weighted by Crippen LogP contribution is 2.45. The van der Waals surface area contributed by atoms with Crippen LogP contribution in [-0.4, -0.2) is 95.9 Å². The highest BCUT2D eigenvalue weighted by atomic mass is 31.2. The minimum absolute atomic E-state index is 0.0294. The summed E-state index contributed by atoms with van der Waals surface area (Å²) in [5, 5.41) is 20.7. The molecule has 4 N–H and O–H groups in total. The summed E-state index contributed by atoms with van der Waals surface area (Å²) in [5.41, 5.74) is 0. The Bertz CT molecular complexity index is 2770. The van der Waals surface area contributed by atoms with Crippen LogP contribution in [0.3, 0.4) is 0 Å². The van der Waals surface area contributed by atoms with Crippen molar-refractivity contribution >= 4 is 33.6 Å². The number of ether oxygens (including phenoxy) is 3. The number of aliphatic hydroxyl groups excluding tert-OH is 2. The van der Waals surface area contributed by atoms with Gasteiger partial charge in [0.25, 0.3) is 0 Å². The number of aliphatic hydroxyl groups is 2. The average Bonchev–Trinajstić information content (AvgIpc) is 0.907. The first-order chi connectivity index (χ1) is 52.2. The molecular formula is C89H142O16P2. The monoisotopic (exact) mass is 1530 g/mol. The fourth-order valence-electron chi connectivity index (χ4n) is 9.98. The van der Waals surface area contributed by atoms with E-state index in [9.17, 15) is 43.5 Å². The topological polar surface area (TPSA) is 231 Å². The van der Waals surface area contributed by atoms with E-state index in [2.05, 4.69) is 209 Å². The zero-order chi connectivity index (χ0) is 78.0. The highest BCUT2D eigenvalue weighted by molar-refractivity contribution is 7.47. The van der Waals surface area contributed by atoms with E-state index < -0.39 is 91.5 Å². The van der Waals surface area contributed by atoms with Crippen LogP contribution >= 0.6 is 15.6 Å². The van der Waals surface area contributed by atoms with Crippen molar-refractivity contribution in [3.05, 3.63) is 207 Å². The molecule has 0 aliphatic carbocycles. The summed E-state index contributed by atoms with van der Waals surface area (Å²) in [5.74, 6) is -1.73. The van der Waals surface area contributed by atoms with Gasteiger partial charge >= 0.3 is 33.6 Å². The maximum Gasteiger partial charge on any atom is 0.472 e. The number of phosphoric ester groups is 2. The van der Waals surface area contributed by atoms with Gasteiger partial charge in [-0.1, -0.05) is 311 Å². The van der Waals surface area contributed by atoms with Crippen LogP contribution in [0.4, 0.5) is 0 Å². The lowest BCUT2D eigenvalue weighted by Gasteiger charge is -2.21. The maximum atomic E-state index is 13.0. The number of phosphoric acid groups is 2. The molecule has 5 atom stereocenters. The molecule has 107 heavy (non-hydrogen) atoms. The van der Waals surface area contributed by atoms with Crippen molar-refractivity contribution in [2.24, 2.45) is 0 Å². The minimum atomic E-state index is -4.97. The summed E-state index contributed by atoms with van der Waals surface area (Å²) in [7, 11) is -9.84. The molecule has 0 bridgehead atoms. The minimum Gasteiger partial charge on any atom is -0.463 e. The summed E-state index contributed by atoms with van der Waals surface area (Å²) < 4.78 is 61.0. The van der Waals surface area contributed by atoms with Crippen LogP contribution in [0.2, 0.25) is 0 Å². The molecule has 18 heteroatoms. The molecule has 0 spiro atoms. The Morgan fingerprint density at radius 1 is 0.262 bits per heavy atom. The van der Waals surface area contributed by atoms with Gasteiger partial charge in [0.15, 0.2) is 6.10 Å². The van der Waals surface area contributed by atoms with Crippen molar-refractivity contribution < 1.29 is 75.8 Å². The molecule has 0 aliphatic heterocycles. The molecule has 16 nitrogen and oxygen atoms in total. The number of hydrogen-bond donors (Lipinski definition) is 4. The van der Waals surface area contributed by atoms with Gasteiger partial charge in [-0.25, -0.2) is 9.13 Å². The molecule has 0 radical (unpaired) electrons. The third-order valence-corrected chi connectivity index (χ3v) is 17.9. The van der Waals surface area contributed by atoms with E-state index in [4.69, 9.17) is 32.3 Å². The van der Waals surface area contributed by atoms with Crippen LogP contribution in [0.5, 0.6) is 0 Å². The standard InChI is InChI=1S/C89H142O16P2/c1-4-7-10-13-16-19-22-25-28-31-34-35-36-37-38-39-40-41-42-43-44-45-46-47-50-52-54-57-60-63-66-69-72-75-87(92)99-78-84(90)79-101-106(95,96)102-80-85(91)81-103-107(97,98)104-83-86(105-89(94)77-74-71-68-65-62-59-56-53-49-33-30-27-24-21-18-15-12-9-6-3)82-100-88(93)76-73-70-67-64-61-58-55-51-48-32-29-26-23-20-17-14-11-8-5-2/h7-12,16-21,25-30,34-35,37-38,40-41,48-49,51,53,58-59,61-62,67,70,84-86,90-91H,4-6,13-15,22-24,31-33,36,39,42-47,50,52,54-57,60,63-66,68-69,71-83H2,1-3H3,(H,95,96)(H,97,98)/b10-7-,11-8-,12-9-,19-16-,20-17-,21-18-,28-25-,29-26-,30-27-,35-34-,38-37-,41-40-,51-48-,53-49-,61-58-,62-59-,70-67-. The van der Waals surface area contributed by atoms with Crippen LogP contribution in [0, 0.1) is 0 Å². The van der Waals surface area contributed by atoms with Crippen LogP contribution in [-0.2, 0) is 55.8 Å². The predicted molar refractivity (Wildman–Crippen MR) is 444 cm³/mol. The van der Waals surface area contributed by atoms with Crippen molar-refractivity contribution in [2.45, 2.75) is 296 Å². The smallest absolute Gasteiger partial charge is 0.463 e. The van der Waals surface area contributed by atoms with Gasteiger partial charge in [0.05, 0.1) is 26.4 Å². The Hall–Kier alpha value is -5.87. The molecule has 0 fully saturated rings. The lowest BCUT2D eigenvalue weighted by Crippen LogP contribution is -2.30. The van der Waals surface area contributed by atoms with Crippen molar-refractivity contribution in [1.82, 2.24) is 0 Å². The Balaban J connectivity index is 4.60.